The molecule has 0 unspecified atom stereocenters. The molecule has 1 aromatic rings. The van der Waals surface area contributed by atoms with Crippen LogP contribution >= 0.6 is 12.4 Å². The molecule has 0 aliphatic carbocycles. The first-order chi connectivity index (χ1) is 8.69. The zero-order chi connectivity index (χ0) is 12.7. The van der Waals surface area contributed by atoms with Gasteiger partial charge in [-0.1, -0.05) is 6.07 Å². The monoisotopic (exact) mass is 283 g/mol. The van der Waals surface area contributed by atoms with Crippen LogP contribution in [0.25, 0.3) is 0 Å². The van der Waals surface area contributed by atoms with E-state index in [0.29, 0.717) is 12.5 Å². The lowest BCUT2D eigenvalue weighted by atomic mass is 9.83. The van der Waals surface area contributed by atoms with Crippen LogP contribution in [-0.2, 0) is 11.3 Å². The number of nitrogens with two attached hydrogens (primary N) is 1. The third-order valence-electron chi connectivity index (χ3n) is 4.01. The van der Waals surface area contributed by atoms with Crippen LogP contribution in [0.4, 0.5) is 0 Å². The fourth-order valence-electron chi connectivity index (χ4n) is 3.23. The summed E-state index contributed by atoms with van der Waals surface area (Å²) in [6.07, 6.45) is 1.07. The van der Waals surface area contributed by atoms with Crippen LogP contribution in [0, 0.1) is 5.92 Å². The van der Waals surface area contributed by atoms with Crippen molar-refractivity contribution in [2.75, 3.05) is 19.6 Å². The molecule has 0 radical (unpaired) electrons. The zero-order valence-electron chi connectivity index (χ0n) is 10.6. The van der Waals surface area contributed by atoms with Gasteiger partial charge in [-0.2, -0.15) is 0 Å². The zero-order valence-corrected chi connectivity index (χ0v) is 11.4. The molecular weight excluding hydrogens is 266 g/mol. The highest BCUT2D eigenvalue weighted by molar-refractivity contribution is 5.85. The lowest BCUT2D eigenvalue weighted by molar-refractivity contribution is -0.132. The maximum Gasteiger partial charge on any atom is 0.250 e. The Balaban J connectivity index is 0.00000133. The van der Waals surface area contributed by atoms with Crippen molar-refractivity contribution in [3.8, 4) is 0 Å². The molecule has 19 heavy (non-hydrogen) atoms. The number of carbonyl (C=O) groups excluding carboxylic acids is 1. The number of amides is 1. The molecule has 0 saturated carbocycles. The number of piperidine rings is 1. The Labute approximate surface area is 117 Å². The minimum absolute atomic E-state index is 0. The number of hydrogen-bond donors (Lipinski definition) is 1. The average molecular weight is 284 g/mol. The number of likely N-dealkylation sites (tertiary alicyclic amines) is 1. The predicted octanol–water partition coefficient (Wildman–Crippen LogP) is 0.174. The van der Waals surface area contributed by atoms with Crippen molar-refractivity contribution in [1.29, 1.82) is 0 Å². The van der Waals surface area contributed by atoms with Crippen molar-refractivity contribution in [3.63, 3.8) is 0 Å². The number of carbonyl (C=O) groups is 1. The van der Waals surface area contributed by atoms with Crippen LogP contribution in [0.2, 0.25) is 0 Å². The van der Waals surface area contributed by atoms with Crippen molar-refractivity contribution >= 4 is 18.3 Å². The summed E-state index contributed by atoms with van der Waals surface area (Å²) in [6.45, 7) is 2.21. The van der Waals surface area contributed by atoms with Gasteiger partial charge >= 0.3 is 0 Å². The Morgan fingerprint density at radius 1 is 1.32 bits per heavy atom. The first-order valence-electron chi connectivity index (χ1n) is 6.36. The molecule has 104 valence electrons. The molecule has 1 fully saturated rings. The van der Waals surface area contributed by atoms with Crippen LogP contribution in [0.1, 0.15) is 18.0 Å². The van der Waals surface area contributed by atoms with Gasteiger partial charge < -0.3 is 15.2 Å². The van der Waals surface area contributed by atoms with E-state index in [-0.39, 0.29) is 36.3 Å². The van der Waals surface area contributed by atoms with Crippen LogP contribution in [-0.4, -0.2) is 35.0 Å². The van der Waals surface area contributed by atoms with Gasteiger partial charge in [-0.05, 0) is 18.4 Å². The second-order valence-corrected chi connectivity index (χ2v) is 5.20. The summed E-state index contributed by atoms with van der Waals surface area (Å²) < 4.78 is 1.86. The number of halogens is 1. The number of pyridine rings is 1. The Morgan fingerprint density at radius 3 is 2.84 bits per heavy atom. The van der Waals surface area contributed by atoms with Gasteiger partial charge in [0.2, 0.25) is 5.91 Å². The molecule has 2 aliphatic rings. The molecule has 3 heterocycles. The van der Waals surface area contributed by atoms with E-state index in [1.807, 2.05) is 15.5 Å². The Morgan fingerprint density at radius 2 is 2.11 bits per heavy atom. The Bertz CT molecular complexity index is 543. The van der Waals surface area contributed by atoms with Gasteiger partial charge in [0.15, 0.2) is 0 Å². The fourth-order valence-corrected chi connectivity index (χ4v) is 3.23. The standard InChI is InChI=1S/C13H17N3O2.ClH/c14-5-13(18)15-6-9-4-10(8-15)11-2-1-3-12(17)16(11)7-9;/h1-3,9-10H,4-8,14H2;1H/t9-,10+;/m1./s1. The van der Waals surface area contributed by atoms with E-state index in [2.05, 4.69) is 0 Å². The van der Waals surface area contributed by atoms with Crippen LogP contribution < -0.4 is 11.3 Å². The molecule has 3 rings (SSSR count). The lowest BCUT2D eigenvalue weighted by Crippen LogP contribution is -2.50. The number of rotatable bonds is 1. The van der Waals surface area contributed by atoms with Gasteiger partial charge in [0.05, 0.1) is 6.54 Å². The molecule has 2 aliphatic heterocycles. The van der Waals surface area contributed by atoms with Gasteiger partial charge in [0.1, 0.15) is 0 Å². The molecule has 6 heteroatoms. The lowest BCUT2D eigenvalue weighted by Gasteiger charge is -2.42. The predicted molar refractivity (Wildman–Crippen MR) is 74.4 cm³/mol. The number of nitrogens with zero attached hydrogens (tertiary/aromatic N) is 2. The van der Waals surface area contributed by atoms with Gasteiger partial charge in [-0.15, -0.1) is 12.4 Å². The summed E-state index contributed by atoms with van der Waals surface area (Å²) >= 11 is 0. The molecular formula is C13H18ClN3O2. The molecule has 1 aromatic heterocycles. The molecule has 2 N–H and O–H groups in total. The largest absolute Gasteiger partial charge is 0.341 e. The molecule has 1 amide bonds. The highest BCUT2D eigenvalue weighted by atomic mass is 35.5. The van der Waals surface area contributed by atoms with Crippen LogP contribution in [0.5, 0.6) is 0 Å². The molecule has 0 spiro atoms. The van der Waals surface area contributed by atoms with Crippen LogP contribution in [0.3, 0.4) is 0 Å². The third kappa shape index (κ3) is 2.40. The van der Waals surface area contributed by atoms with E-state index < -0.39 is 0 Å². The summed E-state index contributed by atoms with van der Waals surface area (Å²) in [5.74, 6) is 0.671. The van der Waals surface area contributed by atoms with E-state index in [9.17, 15) is 9.59 Å². The van der Waals surface area contributed by atoms with Gasteiger partial charge in [-0.3, -0.25) is 9.59 Å². The van der Waals surface area contributed by atoms with Crippen molar-refractivity contribution in [3.05, 3.63) is 34.2 Å². The molecule has 0 aromatic carbocycles. The fraction of sp³-hybridized carbons (Fsp3) is 0.538. The van der Waals surface area contributed by atoms with Crippen molar-refractivity contribution < 1.29 is 4.79 Å². The van der Waals surface area contributed by atoms with E-state index in [1.54, 1.807) is 12.1 Å². The molecule has 1 saturated heterocycles. The normalized spacial score (nSPS) is 24.4. The van der Waals surface area contributed by atoms with Gasteiger partial charge in [0, 0.05) is 37.3 Å². The van der Waals surface area contributed by atoms with E-state index in [0.717, 1.165) is 25.2 Å². The van der Waals surface area contributed by atoms with E-state index in [4.69, 9.17) is 5.73 Å². The maximum absolute atomic E-state index is 11.8. The minimum atomic E-state index is 0. The van der Waals surface area contributed by atoms with Crippen molar-refractivity contribution in [2.45, 2.75) is 18.9 Å². The number of aromatic nitrogens is 1. The summed E-state index contributed by atoms with van der Waals surface area (Å²) in [5, 5.41) is 0. The van der Waals surface area contributed by atoms with Crippen molar-refractivity contribution in [2.24, 2.45) is 11.7 Å². The molecule has 2 atom stereocenters. The third-order valence-corrected chi connectivity index (χ3v) is 4.01. The number of hydrogen-bond acceptors (Lipinski definition) is 3. The summed E-state index contributed by atoms with van der Waals surface area (Å²) in [4.78, 5) is 25.4. The number of fused-ring (bicyclic) bond motifs is 4. The smallest absolute Gasteiger partial charge is 0.250 e. The summed E-state index contributed by atoms with van der Waals surface area (Å²) in [7, 11) is 0. The Hall–Kier alpha value is -1.33. The average Bonchev–Trinajstić information content (AvgIpc) is 2.39. The van der Waals surface area contributed by atoms with Crippen LogP contribution in [0.15, 0.2) is 23.0 Å². The summed E-state index contributed by atoms with van der Waals surface area (Å²) in [5.41, 5.74) is 6.56. The second kappa shape index (κ2) is 5.35. The highest BCUT2D eigenvalue weighted by Crippen LogP contribution is 2.34. The van der Waals surface area contributed by atoms with Gasteiger partial charge in [0.25, 0.3) is 5.56 Å². The minimum Gasteiger partial charge on any atom is -0.341 e. The SMILES string of the molecule is Cl.NCC(=O)N1C[C@H]2C[C@@H](C1)c1cccc(=O)n1C2. The topological polar surface area (TPSA) is 68.3 Å². The Kier molecular flexibility index (Phi) is 3.96. The first-order valence-corrected chi connectivity index (χ1v) is 6.36. The second-order valence-electron chi connectivity index (χ2n) is 5.20. The van der Waals surface area contributed by atoms with E-state index >= 15 is 0 Å². The summed E-state index contributed by atoms with van der Waals surface area (Å²) in [6, 6.07) is 5.41. The first kappa shape index (κ1) is 14.1. The quantitative estimate of drug-likeness (QED) is 0.799. The maximum atomic E-state index is 11.8. The van der Waals surface area contributed by atoms with Crippen molar-refractivity contribution in [1.82, 2.24) is 9.47 Å². The molecule has 5 nitrogen and oxygen atoms in total. The van der Waals surface area contributed by atoms with Gasteiger partial charge in [-0.25, -0.2) is 0 Å². The van der Waals surface area contributed by atoms with E-state index in [1.165, 1.54) is 0 Å². The highest BCUT2D eigenvalue weighted by Gasteiger charge is 2.35. The molecule has 2 bridgehead atoms.